The average molecular weight is 318 g/mol. The van der Waals surface area contributed by atoms with Gasteiger partial charge in [-0.2, -0.15) is 0 Å². The molecular formula is C17H22N2O4. The maximum absolute atomic E-state index is 12.4. The number of urea groups is 1. The Morgan fingerprint density at radius 3 is 2.43 bits per heavy atom. The molecule has 2 amide bonds. The fraction of sp³-hybridized carbons (Fsp3) is 0.412. The molecule has 6 nitrogen and oxygen atoms in total. The fourth-order valence-corrected chi connectivity index (χ4v) is 2.62. The molecule has 0 bridgehead atoms. The molecule has 0 aromatic heterocycles. The number of ether oxygens (including phenoxy) is 2. The van der Waals surface area contributed by atoms with Crippen LogP contribution < -0.4 is 5.32 Å². The van der Waals surface area contributed by atoms with Crippen molar-refractivity contribution in [1.29, 1.82) is 0 Å². The molecule has 1 aromatic carbocycles. The molecule has 23 heavy (non-hydrogen) atoms. The summed E-state index contributed by atoms with van der Waals surface area (Å²) in [5, 5.41) is 2.88. The molecule has 0 saturated heterocycles. The van der Waals surface area contributed by atoms with E-state index in [4.69, 9.17) is 9.47 Å². The molecule has 124 valence electrons. The van der Waals surface area contributed by atoms with Crippen molar-refractivity contribution in [2.75, 3.05) is 27.4 Å². The summed E-state index contributed by atoms with van der Waals surface area (Å²) in [7, 11) is 2.90. The number of rotatable bonds is 5. The topological polar surface area (TPSA) is 67.9 Å². The average Bonchev–Trinajstić information content (AvgIpc) is 2.54. The Bertz CT molecular complexity index is 622. The van der Waals surface area contributed by atoms with Crippen LogP contribution in [0, 0.1) is 6.92 Å². The van der Waals surface area contributed by atoms with E-state index >= 15 is 0 Å². The molecule has 1 aliphatic rings. The van der Waals surface area contributed by atoms with Crippen molar-refractivity contribution < 1.29 is 19.1 Å². The predicted octanol–water partition coefficient (Wildman–Crippen LogP) is 2.15. The normalized spacial score (nSPS) is 18.0. The first-order valence-corrected chi connectivity index (χ1v) is 7.42. The lowest BCUT2D eigenvalue weighted by molar-refractivity contribution is -0.136. The summed E-state index contributed by atoms with van der Waals surface area (Å²) in [6.45, 7) is 4.49. The summed E-state index contributed by atoms with van der Waals surface area (Å²) >= 11 is 0. The van der Waals surface area contributed by atoms with Crippen LogP contribution in [0.15, 0.2) is 35.5 Å². The molecule has 1 aromatic rings. The minimum atomic E-state index is -0.519. The summed E-state index contributed by atoms with van der Waals surface area (Å²) in [4.78, 5) is 26.2. The van der Waals surface area contributed by atoms with Crippen LogP contribution in [0.4, 0.5) is 4.79 Å². The van der Waals surface area contributed by atoms with Crippen molar-refractivity contribution in [3.8, 4) is 0 Å². The molecule has 1 atom stereocenters. The van der Waals surface area contributed by atoms with E-state index in [9.17, 15) is 9.59 Å². The van der Waals surface area contributed by atoms with Gasteiger partial charge in [-0.3, -0.25) is 4.90 Å². The third-order valence-corrected chi connectivity index (χ3v) is 3.93. The van der Waals surface area contributed by atoms with Gasteiger partial charge in [-0.15, -0.1) is 0 Å². The van der Waals surface area contributed by atoms with Gasteiger partial charge in [0.05, 0.1) is 31.9 Å². The molecule has 6 heteroatoms. The highest BCUT2D eigenvalue weighted by Gasteiger charge is 2.35. The quantitative estimate of drug-likeness (QED) is 0.845. The zero-order valence-electron chi connectivity index (χ0n) is 13.9. The van der Waals surface area contributed by atoms with Crippen molar-refractivity contribution in [1.82, 2.24) is 10.2 Å². The molecule has 0 aliphatic carbocycles. The largest absolute Gasteiger partial charge is 0.466 e. The van der Waals surface area contributed by atoms with E-state index in [2.05, 4.69) is 5.32 Å². The molecule has 1 aliphatic heterocycles. The lowest BCUT2D eigenvalue weighted by Crippen LogP contribution is -2.48. The Hall–Kier alpha value is -2.34. The zero-order valence-corrected chi connectivity index (χ0v) is 13.9. The molecule has 1 N–H and O–H groups in total. The molecule has 2 rings (SSSR count). The van der Waals surface area contributed by atoms with E-state index in [1.165, 1.54) is 12.0 Å². The number of hydrogen-bond acceptors (Lipinski definition) is 4. The SMILES string of the molecule is COCCN1C(=O)N[C@H](c2ccc(C)cc2)C(C(=O)OC)=C1C. The second-order valence-electron chi connectivity index (χ2n) is 5.43. The van der Waals surface area contributed by atoms with Crippen molar-refractivity contribution in [2.45, 2.75) is 19.9 Å². The third kappa shape index (κ3) is 3.53. The van der Waals surface area contributed by atoms with Gasteiger partial charge in [0.25, 0.3) is 0 Å². The highest BCUT2D eigenvalue weighted by atomic mass is 16.5. The minimum Gasteiger partial charge on any atom is -0.466 e. The number of methoxy groups -OCH3 is 2. The van der Waals surface area contributed by atoms with E-state index in [0.717, 1.165) is 11.1 Å². The van der Waals surface area contributed by atoms with E-state index in [1.54, 1.807) is 14.0 Å². The Morgan fingerprint density at radius 1 is 1.22 bits per heavy atom. The van der Waals surface area contributed by atoms with Gasteiger partial charge >= 0.3 is 12.0 Å². The Balaban J connectivity index is 2.45. The summed E-state index contributed by atoms with van der Waals surface area (Å²) in [6, 6.07) is 6.93. The minimum absolute atomic E-state index is 0.252. The highest BCUT2D eigenvalue weighted by molar-refractivity contribution is 5.95. The number of aryl methyl sites for hydroxylation is 1. The van der Waals surface area contributed by atoms with E-state index < -0.39 is 12.0 Å². The van der Waals surface area contributed by atoms with Crippen LogP contribution in [0.3, 0.4) is 0 Å². The first-order chi connectivity index (χ1) is 11.0. The second-order valence-corrected chi connectivity index (χ2v) is 5.43. The van der Waals surface area contributed by atoms with Crippen molar-refractivity contribution >= 4 is 12.0 Å². The number of benzene rings is 1. The van der Waals surface area contributed by atoms with Crippen LogP contribution in [0.25, 0.3) is 0 Å². The Kier molecular flexibility index (Phi) is 5.39. The number of nitrogens with one attached hydrogen (secondary N) is 1. The van der Waals surface area contributed by atoms with Gasteiger partial charge in [0.15, 0.2) is 0 Å². The van der Waals surface area contributed by atoms with E-state index in [1.807, 2.05) is 31.2 Å². The number of allylic oxidation sites excluding steroid dienone is 1. The number of nitrogens with zero attached hydrogens (tertiary/aromatic N) is 1. The van der Waals surface area contributed by atoms with Crippen LogP contribution >= 0.6 is 0 Å². The molecule has 0 fully saturated rings. The molecule has 0 radical (unpaired) electrons. The second kappa shape index (κ2) is 7.28. The molecular weight excluding hydrogens is 296 g/mol. The number of carbonyl (C=O) groups excluding carboxylic acids is 2. The van der Waals surface area contributed by atoms with E-state index in [-0.39, 0.29) is 6.03 Å². The van der Waals surface area contributed by atoms with Gasteiger partial charge in [-0.1, -0.05) is 29.8 Å². The van der Waals surface area contributed by atoms with Gasteiger partial charge in [0, 0.05) is 12.8 Å². The van der Waals surface area contributed by atoms with Gasteiger partial charge in [0.2, 0.25) is 0 Å². The predicted molar refractivity (Wildman–Crippen MR) is 85.7 cm³/mol. The van der Waals surface area contributed by atoms with Crippen LogP contribution in [0.1, 0.15) is 24.1 Å². The van der Waals surface area contributed by atoms with Crippen LogP contribution in [-0.4, -0.2) is 44.3 Å². The van der Waals surface area contributed by atoms with Crippen LogP contribution in [0.2, 0.25) is 0 Å². The summed E-state index contributed by atoms with van der Waals surface area (Å²) in [6.07, 6.45) is 0. The fourth-order valence-electron chi connectivity index (χ4n) is 2.62. The maximum Gasteiger partial charge on any atom is 0.337 e. The number of hydrogen-bond donors (Lipinski definition) is 1. The Morgan fingerprint density at radius 2 is 1.87 bits per heavy atom. The van der Waals surface area contributed by atoms with Crippen molar-refractivity contribution in [3.63, 3.8) is 0 Å². The monoisotopic (exact) mass is 318 g/mol. The molecule has 0 saturated carbocycles. The van der Waals surface area contributed by atoms with Crippen molar-refractivity contribution in [2.24, 2.45) is 0 Å². The molecule has 1 heterocycles. The van der Waals surface area contributed by atoms with E-state index in [0.29, 0.717) is 24.4 Å². The third-order valence-electron chi connectivity index (χ3n) is 3.93. The Labute approximate surface area is 136 Å². The standard InChI is InChI=1S/C17H22N2O4/c1-11-5-7-13(8-6-11)15-14(16(20)23-4)12(2)19(9-10-22-3)17(21)18-15/h5-8,15H,9-10H2,1-4H3,(H,18,21)/t15-/m1/s1. The smallest absolute Gasteiger partial charge is 0.337 e. The molecule has 0 unspecified atom stereocenters. The van der Waals surface area contributed by atoms with Crippen molar-refractivity contribution in [3.05, 3.63) is 46.7 Å². The lowest BCUT2D eigenvalue weighted by atomic mass is 9.94. The summed E-state index contributed by atoms with van der Waals surface area (Å²) < 4.78 is 9.95. The summed E-state index contributed by atoms with van der Waals surface area (Å²) in [5.41, 5.74) is 2.98. The van der Waals surface area contributed by atoms with Gasteiger partial charge in [0.1, 0.15) is 0 Å². The number of esters is 1. The molecule has 0 spiro atoms. The van der Waals surface area contributed by atoms with Gasteiger partial charge < -0.3 is 14.8 Å². The number of carbonyl (C=O) groups is 2. The van der Waals surface area contributed by atoms with Crippen LogP contribution in [0.5, 0.6) is 0 Å². The number of amides is 2. The first kappa shape index (κ1) is 17.0. The van der Waals surface area contributed by atoms with Gasteiger partial charge in [-0.25, -0.2) is 9.59 Å². The highest BCUT2D eigenvalue weighted by Crippen LogP contribution is 2.31. The lowest BCUT2D eigenvalue weighted by Gasteiger charge is -2.35. The zero-order chi connectivity index (χ0) is 17.0. The first-order valence-electron chi connectivity index (χ1n) is 7.42. The summed E-state index contributed by atoms with van der Waals surface area (Å²) in [5.74, 6) is -0.449. The van der Waals surface area contributed by atoms with Crippen LogP contribution in [-0.2, 0) is 14.3 Å². The maximum atomic E-state index is 12.4. The van der Waals surface area contributed by atoms with Gasteiger partial charge in [-0.05, 0) is 19.4 Å².